The fourth-order valence-electron chi connectivity index (χ4n) is 0.639. The number of nitrogens with zero attached hydrogens (tertiary/aromatic N) is 1. The molecule has 0 radical (unpaired) electrons. The lowest BCUT2D eigenvalue weighted by Gasteiger charge is -1.99. The Morgan fingerprint density at radius 3 is 3.00 bits per heavy atom. The topological polar surface area (TPSA) is 74.8 Å². The van der Waals surface area contributed by atoms with Gasteiger partial charge in [0.15, 0.2) is 5.03 Å². The van der Waals surface area contributed by atoms with E-state index in [1.165, 1.54) is 18.3 Å². The lowest BCUT2D eigenvalue weighted by molar-refractivity contribution is 0.581. The Hall–Kier alpha value is -1.14. The van der Waals surface area contributed by atoms with Crippen LogP contribution in [0, 0.1) is 0 Å². The molecule has 6 heteroatoms. The summed E-state index contributed by atoms with van der Waals surface area (Å²) in [7, 11) is -3.42. The zero-order valence-electron chi connectivity index (χ0n) is 6.32. The highest BCUT2D eigenvalue weighted by atomic mass is 32.2. The minimum absolute atomic E-state index is 0.0596. The number of aromatic amines is 1. The molecule has 1 heterocycles. The third kappa shape index (κ3) is 1.93. The van der Waals surface area contributed by atoms with Crippen molar-refractivity contribution in [1.29, 1.82) is 0 Å². The fraction of sp³-hybridized carbons (Fsp3) is 0.167. The van der Waals surface area contributed by atoms with Gasteiger partial charge in [-0.25, -0.2) is 13.1 Å². The third-order valence-corrected chi connectivity index (χ3v) is 2.54. The van der Waals surface area contributed by atoms with E-state index in [2.05, 4.69) is 21.5 Å². The van der Waals surface area contributed by atoms with E-state index in [0.29, 0.717) is 0 Å². The van der Waals surface area contributed by atoms with Crippen LogP contribution < -0.4 is 4.72 Å². The molecule has 0 aliphatic rings. The van der Waals surface area contributed by atoms with Crippen LogP contribution in [-0.2, 0) is 10.0 Å². The lowest BCUT2D eigenvalue weighted by Crippen LogP contribution is -2.23. The molecular formula is C6H9N3O2S. The lowest BCUT2D eigenvalue weighted by atomic mass is 10.7. The Labute approximate surface area is 70.5 Å². The van der Waals surface area contributed by atoms with Gasteiger partial charge in [0.05, 0.1) is 6.20 Å². The van der Waals surface area contributed by atoms with Crippen molar-refractivity contribution in [1.82, 2.24) is 14.9 Å². The molecule has 1 rings (SSSR count). The van der Waals surface area contributed by atoms with E-state index in [9.17, 15) is 8.42 Å². The number of hydrogen-bond acceptors (Lipinski definition) is 3. The maximum absolute atomic E-state index is 11.2. The van der Waals surface area contributed by atoms with E-state index < -0.39 is 10.0 Å². The molecule has 0 saturated heterocycles. The molecule has 5 nitrogen and oxygen atoms in total. The third-order valence-electron chi connectivity index (χ3n) is 1.18. The number of nitrogens with one attached hydrogen (secondary N) is 2. The summed E-state index contributed by atoms with van der Waals surface area (Å²) in [4.78, 5) is 0. The standard InChI is InChI=1S/C6H9N3O2S/c1-2-4-8-12(10,11)6-3-5-7-9-6/h2-3,5,8H,1,4H2,(H,7,9). The van der Waals surface area contributed by atoms with E-state index in [4.69, 9.17) is 0 Å². The zero-order valence-corrected chi connectivity index (χ0v) is 7.13. The highest BCUT2D eigenvalue weighted by Gasteiger charge is 2.12. The Morgan fingerprint density at radius 2 is 2.50 bits per heavy atom. The molecule has 0 aliphatic carbocycles. The van der Waals surface area contributed by atoms with Crippen LogP contribution in [0.3, 0.4) is 0 Å². The van der Waals surface area contributed by atoms with Crippen molar-refractivity contribution >= 4 is 10.0 Å². The van der Waals surface area contributed by atoms with Gasteiger partial charge in [0.1, 0.15) is 0 Å². The van der Waals surface area contributed by atoms with Crippen LogP contribution in [0.25, 0.3) is 0 Å². The highest BCUT2D eigenvalue weighted by Crippen LogP contribution is 2.00. The van der Waals surface area contributed by atoms with Crippen molar-refractivity contribution < 1.29 is 8.42 Å². The van der Waals surface area contributed by atoms with Gasteiger partial charge in [-0.15, -0.1) is 6.58 Å². The van der Waals surface area contributed by atoms with Gasteiger partial charge in [-0.3, -0.25) is 5.10 Å². The van der Waals surface area contributed by atoms with E-state index in [-0.39, 0.29) is 11.6 Å². The Bertz CT molecular complexity index is 341. The van der Waals surface area contributed by atoms with Gasteiger partial charge in [-0.05, 0) is 6.07 Å². The van der Waals surface area contributed by atoms with Crippen molar-refractivity contribution in [2.45, 2.75) is 5.03 Å². The summed E-state index contributed by atoms with van der Waals surface area (Å²) in [6, 6.07) is 1.38. The smallest absolute Gasteiger partial charge is 0.257 e. The predicted molar refractivity (Wildman–Crippen MR) is 44.0 cm³/mol. The summed E-state index contributed by atoms with van der Waals surface area (Å²) in [6.45, 7) is 3.60. The zero-order chi connectivity index (χ0) is 9.03. The van der Waals surface area contributed by atoms with E-state index in [1.807, 2.05) is 0 Å². The van der Waals surface area contributed by atoms with Crippen molar-refractivity contribution in [3.8, 4) is 0 Å². The van der Waals surface area contributed by atoms with E-state index >= 15 is 0 Å². The Balaban J connectivity index is 2.80. The highest BCUT2D eigenvalue weighted by molar-refractivity contribution is 7.89. The van der Waals surface area contributed by atoms with Gasteiger partial charge in [0.2, 0.25) is 0 Å². The van der Waals surface area contributed by atoms with Crippen LogP contribution in [0.2, 0.25) is 0 Å². The minimum atomic E-state index is -3.42. The SMILES string of the molecule is C=CCNS(=O)(=O)c1ccn[nH]1. The van der Waals surface area contributed by atoms with Gasteiger partial charge in [-0.1, -0.05) is 6.08 Å². The van der Waals surface area contributed by atoms with Crippen LogP contribution >= 0.6 is 0 Å². The fourth-order valence-corrected chi connectivity index (χ4v) is 1.54. The molecule has 0 fully saturated rings. The Kier molecular flexibility index (Phi) is 2.61. The summed E-state index contributed by atoms with van der Waals surface area (Å²) in [5.74, 6) is 0. The summed E-state index contributed by atoms with van der Waals surface area (Å²) < 4.78 is 24.7. The maximum Gasteiger partial charge on any atom is 0.257 e. The van der Waals surface area contributed by atoms with Gasteiger partial charge >= 0.3 is 0 Å². The van der Waals surface area contributed by atoms with Crippen molar-refractivity contribution in [2.75, 3.05) is 6.54 Å². The van der Waals surface area contributed by atoms with Crippen molar-refractivity contribution in [2.24, 2.45) is 0 Å². The van der Waals surface area contributed by atoms with Gasteiger partial charge in [0, 0.05) is 6.54 Å². The summed E-state index contributed by atoms with van der Waals surface area (Å²) in [6.07, 6.45) is 2.84. The first-order valence-electron chi connectivity index (χ1n) is 3.27. The molecular weight excluding hydrogens is 178 g/mol. The number of hydrogen-bond donors (Lipinski definition) is 2. The molecule has 0 saturated carbocycles. The minimum Gasteiger partial charge on any atom is -0.266 e. The van der Waals surface area contributed by atoms with Crippen LogP contribution in [0.5, 0.6) is 0 Å². The summed E-state index contributed by atoms with van der Waals surface area (Å²) in [5.41, 5.74) is 0. The first kappa shape index (κ1) is 8.95. The molecule has 0 bridgehead atoms. The largest absolute Gasteiger partial charge is 0.266 e. The molecule has 0 atom stereocenters. The maximum atomic E-state index is 11.2. The summed E-state index contributed by atoms with van der Waals surface area (Å²) in [5, 5.41) is 5.94. The van der Waals surface area contributed by atoms with Crippen LogP contribution in [-0.4, -0.2) is 25.2 Å². The van der Waals surface area contributed by atoms with Crippen LogP contribution in [0.1, 0.15) is 0 Å². The normalized spacial score (nSPS) is 11.3. The first-order chi connectivity index (χ1) is 5.67. The van der Waals surface area contributed by atoms with Gasteiger partial charge < -0.3 is 0 Å². The molecule has 2 N–H and O–H groups in total. The average molecular weight is 187 g/mol. The molecule has 1 aromatic heterocycles. The molecule has 12 heavy (non-hydrogen) atoms. The van der Waals surface area contributed by atoms with E-state index in [1.54, 1.807) is 0 Å². The van der Waals surface area contributed by atoms with E-state index in [0.717, 1.165) is 0 Å². The molecule has 1 aromatic rings. The predicted octanol–water partition coefficient (Wildman–Crippen LogP) is -0.126. The van der Waals surface area contributed by atoms with Crippen molar-refractivity contribution in [3.63, 3.8) is 0 Å². The monoisotopic (exact) mass is 187 g/mol. The second kappa shape index (κ2) is 3.51. The molecule has 0 aromatic carbocycles. The number of aromatic nitrogens is 2. The molecule has 0 amide bonds. The van der Waals surface area contributed by atoms with Gasteiger partial charge in [0.25, 0.3) is 10.0 Å². The quantitative estimate of drug-likeness (QED) is 0.645. The number of sulfonamides is 1. The van der Waals surface area contributed by atoms with Crippen LogP contribution in [0.4, 0.5) is 0 Å². The number of rotatable bonds is 4. The summed E-state index contributed by atoms with van der Waals surface area (Å²) >= 11 is 0. The Morgan fingerprint density at radius 1 is 1.75 bits per heavy atom. The molecule has 0 unspecified atom stereocenters. The van der Waals surface area contributed by atoms with Crippen LogP contribution in [0.15, 0.2) is 29.9 Å². The number of H-pyrrole nitrogens is 1. The molecule has 66 valence electrons. The molecule has 0 aliphatic heterocycles. The molecule has 0 spiro atoms. The first-order valence-corrected chi connectivity index (χ1v) is 4.75. The second-order valence-corrected chi connectivity index (χ2v) is 3.80. The van der Waals surface area contributed by atoms with Crippen molar-refractivity contribution in [3.05, 3.63) is 24.9 Å². The average Bonchev–Trinajstić information content (AvgIpc) is 2.53. The second-order valence-electron chi connectivity index (χ2n) is 2.06. The van der Waals surface area contributed by atoms with Gasteiger partial charge in [-0.2, -0.15) is 5.10 Å².